The molecule has 3 unspecified atom stereocenters. The van der Waals surface area contributed by atoms with Crippen LogP contribution in [0.15, 0.2) is 29.3 Å². The highest BCUT2D eigenvalue weighted by molar-refractivity contribution is 6.03. The Kier molecular flexibility index (Phi) is 4.00. The van der Waals surface area contributed by atoms with Crippen LogP contribution in [0.25, 0.3) is 0 Å². The largest absolute Gasteiger partial charge is 0.426 e. The number of carbonyl (C=O) groups excluding carboxylic acids is 1. The Morgan fingerprint density at radius 3 is 2.84 bits per heavy atom. The van der Waals surface area contributed by atoms with Crippen molar-refractivity contribution in [1.29, 1.82) is 0 Å². The molecular weight excluding hydrogens is 242 g/mol. The first-order valence-corrected chi connectivity index (χ1v) is 6.57. The van der Waals surface area contributed by atoms with Crippen LogP contribution in [-0.2, 0) is 4.79 Å². The summed E-state index contributed by atoms with van der Waals surface area (Å²) in [6.07, 6.45) is 0.0106. The third-order valence-electron chi connectivity index (χ3n) is 3.48. The fraction of sp³-hybridized carbons (Fsp3) is 0.467. The van der Waals surface area contributed by atoms with Crippen LogP contribution in [0.2, 0.25) is 0 Å². The van der Waals surface area contributed by atoms with E-state index in [1.165, 1.54) is 0 Å². The smallest absolute Gasteiger partial charge is 0.323 e. The lowest BCUT2D eigenvalue weighted by atomic mass is 9.89. The van der Waals surface area contributed by atoms with Crippen molar-refractivity contribution in [2.75, 3.05) is 0 Å². The maximum absolute atomic E-state index is 12.0. The molecule has 0 bridgehead atoms. The minimum Gasteiger partial charge on any atom is -0.426 e. The van der Waals surface area contributed by atoms with Crippen molar-refractivity contribution in [3.8, 4) is 5.75 Å². The zero-order chi connectivity index (χ0) is 14.0. The number of aliphatic hydroxyl groups excluding tert-OH is 1. The van der Waals surface area contributed by atoms with Gasteiger partial charge in [0, 0.05) is 17.3 Å². The highest BCUT2D eigenvalue weighted by Gasteiger charge is 2.38. The van der Waals surface area contributed by atoms with Crippen LogP contribution in [0.5, 0.6) is 5.75 Å². The van der Waals surface area contributed by atoms with E-state index >= 15 is 0 Å². The highest BCUT2D eigenvalue weighted by Crippen LogP contribution is 2.36. The molecule has 0 fully saturated rings. The maximum Gasteiger partial charge on any atom is 0.323 e. The molecule has 1 aliphatic heterocycles. The summed E-state index contributed by atoms with van der Waals surface area (Å²) in [7, 11) is 0. The van der Waals surface area contributed by atoms with E-state index in [9.17, 15) is 9.90 Å². The number of hydrogen-bond donors (Lipinski definition) is 1. The van der Waals surface area contributed by atoms with Crippen LogP contribution in [-0.4, -0.2) is 22.8 Å². The van der Waals surface area contributed by atoms with Gasteiger partial charge >= 0.3 is 5.97 Å². The number of ether oxygens (including phenoxy) is 1. The fourth-order valence-corrected chi connectivity index (χ4v) is 2.22. The highest BCUT2D eigenvalue weighted by atomic mass is 16.5. The van der Waals surface area contributed by atoms with E-state index in [-0.39, 0.29) is 6.04 Å². The molecule has 0 aromatic heterocycles. The fourth-order valence-electron chi connectivity index (χ4n) is 2.22. The summed E-state index contributed by atoms with van der Waals surface area (Å²) in [5.74, 6) is -0.702. The van der Waals surface area contributed by atoms with Gasteiger partial charge in [0.05, 0.1) is 0 Å². The van der Waals surface area contributed by atoms with Crippen LogP contribution in [0, 0.1) is 5.92 Å². The second-order valence-electron chi connectivity index (χ2n) is 4.91. The Morgan fingerprint density at radius 1 is 1.47 bits per heavy atom. The molecule has 1 aromatic carbocycles. The van der Waals surface area contributed by atoms with Gasteiger partial charge < -0.3 is 9.84 Å². The molecule has 1 heterocycles. The van der Waals surface area contributed by atoms with Crippen molar-refractivity contribution >= 4 is 11.7 Å². The van der Waals surface area contributed by atoms with E-state index in [0.717, 1.165) is 6.42 Å². The molecule has 19 heavy (non-hydrogen) atoms. The van der Waals surface area contributed by atoms with Gasteiger partial charge in [0.2, 0.25) is 0 Å². The quantitative estimate of drug-likeness (QED) is 0.516. The van der Waals surface area contributed by atoms with Crippen LogP contribution in [0.3, 0.4) is 0 Å². The number of carbonyl (C=O) groups is 1. The number of aliphatic imine (C=N–C) groups is 1. The van der Waals surface area contributed by atoms with Gasteiger partial charge in [-0.15, -0.1) is 0 Å². The Balaban J connectivity index is 2.33. The summed E-state index contributed by atoms with van der Waals surface area (Å²) in [4.78, 5) is 16.5. The zero-order valence-corrected chi connectivity index (χ0v) is 11.5. The van der Waals surface area contributed by atoms with Crippen LogP contribution in [0.1, 0.15) is 38.9 Å². The molecule has 1 aromatic rings. The molecule has 4 nitrogen and oxygen atoms in total. The molecule has 3 atom stereocenters. The third-order valence-corrected chi connectivity index (χ3v) is 3.48. The molecule has 0 spiro atoms. The van der Waals surface area contributed by atoms with E-state index in [1.54, 1.807) is 25.1 Å². The van der Waals surface area contributed by atoms with Crippen molar-refractivity contribution in [3.05, 3.63) is 29.8 Å². The first kappa shape index (κ1) is 13.7. The topological polar surface area (TPSA) is 58.9 Å². The minimum absolute atomic E-state index is 0.136. The van der Waals surface area contributed by atoms with Crippen molar-refractivity contribution in [2.45, 2.75) is 39.3 Å². The number of benzene rings is 1. The maximum atomic E-state index is 12.0. The second-order valence-corrected chi connectivity index (χ2v) is 4.91. The minimum atomic E-state index is -0.884. The Labute approximate surface area is 113 Å². The number of hydrogen-bond acceptors (Lipinski definition) is 4. The normalized spacial score (nSPS) is 24.6. The van der Waals surface area contributed by atoms with Gasteiger partial charge in [0.15, 0.2) is 0 Å². The first-order chi connectivity index (χ1) is 9.04. The lowest BCUT2D eigenvalue weighted by molar-refractivity contribution is -0.141. The summed E-state index contributed by atoms with van der Waals surface area (Å²) in [5, 5.41) is 10.4. The second kappa shape index (κ2) is 5.53. The van der Waals surface area contributed by atoms with E-state index in [2.05, 4.69) is 4.99 Å². The lowest BCUT2D eigenvalue weighted by Gasteiger charge is -2.28. The number of para-hydroxylation sites is 1. The monoisotopic (exact) mass is 261 g/mol. The molecule has 0 saturated carbocycles. The standard InChI is InChI=1S/C15H19NO3/c1-4-9(2)16-10(3)13-14(17)11-7-5-6-8-12(11)19-15(13)18/h5-9,13-14,17H,4H2,1-3H3. The van der Waals surface area contributed by atoms with E-state index in [4.69, 9.17) is 4.74 Å². The summed E-state index contributed by atoms with van der Waals surface area (Å²) in [6, 6.07) is 7.19. The molecule has 1 N–H and O–H groups in total. The molecule has 102 valence electrons. The number of fused-ring (bicyclic) bond motifs is 1. The van der Waals surface area contributed by atoms with Gasteiger partial charge in [-0.25, -0.2) is 0 Å². The Hall–Kier alpha value is -1.68. The van der Waals surface area contributed by atoms with Gasteiger partial charge in [0.1, 0.15) is 17.8 Å². The average molecular weight is 261 g/mol. The van der Waals surface area contributed by atoms with Crippen LogP contribution < -0.4 is 4.74 Å². The van der Waals surface area contributed by atoms with Gasteiger partial charge in [-0.3, -0.25) is 9.79 Å². The predicted octanol–water partition coefficient (Wildman–Crippen LogP) is 2.51. The van der Waals surface area contributed by atoms with Crippen LogP contribution in [0.4, 0.5) is 0 Å². The Bertz CT molecular complexity index is 510. The van der Waals surface area contributed by atoms with Gasteiger partial charge in [-0.1, -0.05) is 25.1 Å². The number of aliphatic hydroxyl groups is 1. The van der Waals surface area contributed by atoms with Crippen molar-refractivity contribution in [1.82, 2.24) is 0 Å². The summed E-state index contributed by atoms with van der Waals surface area (Å²) in [6.45, 7) is 5.79. The molecular formula is C15H19NO3. The third kappa shape index (κ3) is 2.68. The number of rotatable bonds is 3. The van der Waals surface area contributed by atoms with Gasteiger partial charge in [0.25, 0.3) is 0 Å². The van der Waals surface area contributed by atoms with Crippen molar-refractivity contribution in [3.63, 3.8) is 0 Å². The van der Waals surface area contributed by atoms with Crippen LogP contribution >= 0.6 is 0 Å². The molecule has 2 rings (SSSR count). The molecule has 4 heteroatoms. The number of esters is 1. The molecule has 0 saturated heterocycles. The summed E-state index contributed by atoms with van der Waals surface area (Å²) >= 11 is 0. The molecule has 0 aliphatic carbocycles. The van der Waals surface area contributed by atoms with Crippen molar-refractivity contribution in [2.24, 2.45) is 10.9 Å². The van der Waals surface area contributed by atoms with E-state index < -0.39 is 18.0 Å². The van der Waals surface area contributed by atoms with E-state index in [0.29, 0.717) is 17.0 Å². The van der Waals surface area contributed by atoms with Gasteiger partial charge in [-0.05, 0) is 26.3 Å². The predicted molar refractivity (Wildman–Crippen MR) is 73.4 cm³/mol. The number of nitrogens with zero attached hydrogens (tertiary/aromatic N) is 1. The van der Waals surface area contributed by atoms with E-state index in [1.807, 2.05) is 19.9 Å². The lowest BCUT2D eigenvalue weighted by Crippen LogP contribution is -2.36. The zero-order valence-electron chi connectivity index (χ0n) is 11.5. The van der Waals surface area contributed by atoms with Gasteiger partial charge in [-0.2, -0.15) is 0 Å². The molecule has 0 amide bonds. The summed E-state index contributed by atoms with van der Waals surface area (Å²) in [5.41, 5.74) is 1.27. The SMILES string of the molecule is CCC(C)N=C(C)C1C(=O)Oc2ccccc2C1O. The van der Waals surface area contributed by atoms with Crippen molar-refractivity contribution < 1.29 is 14.6 Å². The Morgan fingerprint density at radius 2 is 2.16 bits per heavy atom. The molecule has 0 radical (unpaired) electrons. The summed E-state index contributed by atoms with van der Waals surface area (Å²) < 4.78 is 5.27. The average Bonchev–Trinajstić information content (AvgIpc) is 2.38. The molecule has 1 aliphatic rings. The first-order valence-electron chi connectivity index (χ1n) is 6.57.